The summed E-state index contributed by atoms with van der Waals surface area (Å²) in [6, 6.07) is 0. The second kappa shape index (κ2) is 9.86. The minimum Gasteiger partial charge on any atom is -0.355 e. The molecule has 0 saturated heterocycles. The molecule has 0 heterocycles. The first kappa shape index (κ1) is 14.3. The highest BCUT2D eigenvalue weighted by Crippen LogP contribution is 1.96. The molecule has 0 aromatic heterocycles. The number of nitrogens with one attached hydrogen (secondary N) is 3. The van der Waals surface area contributed by atoms with Crippen LogP contribution in [-0.2, 0) is 9.59 Å². The van der Waals surface area contributed by atoms with Gasteiger partial charge in [0.1, 0.15) is 0 Å². The van der Waals surface area contributed by atoms with Gasteiger partial charge in [0.25, 0.3) is 0 Å². The molecule has 16 heavy (non-hydrogen) atoms. The van der Waals surface area contributed by atoms with Crippen LogP contribution in [0.5, 0.6) is 0 Å². The van der Waals surface area contributed by atoms with Crippen LogP contribution in [0.15, 0.2) is 0 Å². The molecule has 0 unspecified atom stereocenters. The lowest BCUT2D eigenvalue weighted by atomic mass is 10.2. The maximum absolute atomic E-state index is 11.2. The van der Waals surface area contributed by atoms with Crippen LogP contribution in [0.1, 0.15) is 32.6 Å². The number of unbranched alkanes of at least 4 members (excludes halogenated alkanes) is 3. The van der Waals surface area contributed by atoms with E-state index in [1.807, 2.05) is 0 Å². The van der Waals surface area contributed by atoms with Crippen LogP contribution < -0.4 is 10.6 Å². The Labute approximate surface area is 95.0 Å². The van der Waals surface area contributed by atoms with Crippen LogP contribution in [-0.4, -0.2) is 35.9 Å². The third kappa shape index (κ3) is 8.90. The third-order valence-electron chi connectivity index (χ3n) is 1.96. The predicted molar refractivity (Wildman–Crippen MR) is 59.2 cm³/mol. The van der Waals surface area contributed by atoms with Crippen molar-refractivity contribution >= 4 is 18.0 Å². The summed E-state index contributed by atoms with van der Waals surface area (Å²) in [5.74, 6) is -0.751. The van der Waals surface area contributed by atoms with E-state index < -0.39 is 5.91 Å². The molecule has 6 nitrogen and oxygen atoms in total. The molecule has 0 atom stereocenters. The van der Waals surface area contributed by atoms with Crippen LogP contribution in [0.3, 0.4) is 0 Å². The number of carbonyl (C=O) groups excluding carboxylic acids is 2. The summed E-state index contributed by atoms with van der Waals surface area (Å²) in [5.41, 5.74) is 6.40. The van der Waals surface area contributed by atoms with Crippen LogP contribution in [0, 0.1) is 5.53 Å². The first-order valence-electron chi connectivity index (χ1n) is 5.45. The van der Waals surface area contributed by atoms with Crippen LogP contribution in [0.4, 0.5) is 0 Å². The molecular formula is C10H19N4O2+. The van der Waals surface area contributed by atoms with Crippen molar-refractivity contribution in [1.29, 1.82) is 5.53 Å². The highest BCUT2D eigenvalue weighted by Gasteiger charge is 2.05. The molecule has 0 aliphatic rings. The highest BCUT2D eigenvalue weighted by atomic mass is 16.2. The summed E-state index contributed by atoms with van der Waals surface area (Å²) in [6.45, 7) is 2.70. The molecule has 2 amide bonds. The van der Waals surface area contributed by atoms with Gasteiger partial charge in [-0.3, -0.25) is 9.59 Å². The standard InChI is InChI=1S/C10H18N4O2/c1-2-3-4-5-6-12-9(15)7-13-10(16)8-14-11/h8,11H,2-7H2,1H3,(H-,12,13,15,16)/p+1. The molecule has 0 aliphatic carbocycles. The molecule has 0 aromatic rings. The van der Waals surface area contributed by atoms with Gasteiger partial charge < -0.3 is 10.6 Å². The quantitative estimate of drug-likeness (QED) is 0.237. The molecule has 90 valence electrons. The minimum atomic E-state index is -0.531. The summed E-state index contributed by atoms with van der Waals surface area (Å²) in [5, 5.41) is 5.01. The van der Waals surface area contributed by atoms with Crippen molar-refractivity contribution in [2.45, 2.75) is 32.6 Å². The summed E-state index contributed by atoms with van der Waals surface area (Å²) >= 11 is 0. The smallest absolute Gasteiger partial charge is 0.355 e. The maximum Gasteiger partial charge on any atom is 0.394 e. The van der Waals surface area contributed by atoms with E-state index in [0.717, 1.165) is 25.5 Å². The van der Waals surface area contributed by atoms with E-state index in [1.165, 1.54) is 6.42 Å². The van der Waals surface area contributed by atoms with Gasteiger partial charge >= 0.3 is 12.1 Å². The normalized spacial score (nSPS) is 9.06. The Morgan fingerprint density at radius 1 is 1.25 bits per heavy atom. The third-order valence-corrected chi connectivity index (χ3v) is 1.96. The fourth-order valence-corrected chi connectivity index (χ4v) is 1.11. The molecule has 6 heteroatoms. The SMILES string of the molecule is CCCCCCNC(=O)CNC(=O)C=[N+]=N. The van der Waals surface area contributed by atoms with Crippen molar-refractivity contribution in [2.75, 3.05) is 13.1 Å². The maximum atomic E-state index is 11.2. The van der Waals surface area contributed by atoms with Gasteiger partial charge in [-0.2, -0.15) is 0 Å². The summed E-state index contributed by atoms with van der Waals surface area (Å²) < 4.78 is 0. The first-order valence-corrected chi connectivity index (χ1v) is 5.45. The Hall–Kier alpha value is -1.68. The number of amides is 2. The molecule has 0 aliphatic heterocycles. The van der Waals surface area contributed by atoms with Crippen molar-refractivity contribution < 1.29 is 14.4 Å². The van der Waals surface area contributed by atoms with Crippen LogP contribution >= 0.6 is 0 Å². The summed E-state index contributed by atoms with van der Waals surface area (Å²) in [6.07, 6.45) is 5.22. The van der Waals surface area contributed by atoms with Gasteiger partial charge in [0.15, 0.2) is 0 Å². The second-order valence-electron chi connectivity index (χ2n) is 3.39. The monoisotopic (exact) mass is 227 g/mol. The Bertz CT molecular complexity index is 272. The summed E-state index contributed by atoms with van der Waals surface area (Å²) in [7, 11) is 0. The van der Waals surface area contributed by atoms with E-state index in [2.05, 4.69) is 22.3 Å². The van der Waals surface area contributed by atoms with E-state index in [0.29, 0.717) is 6.54 Å². The van der Waals surface area contributed by atoms with Gasteiger partial charge in [-0.05, 0) is 6.42 Å². The molecule has 0 bridgehead atoms. The summed E-state index contributed by atoms with van der Waals surface area (Å²) in [4.78, 5) is 24.8. The molecule has 0 saturated carbocycles. The number of nitrogens with zero attached hydrogens (tertiary/aromatic N) is 1. The molecule has 3 N–H and O–H groups in total. The average Bonchev–Trinajstić information content (AvgIpc) is 2.26. The number of hydrogen-bond donors (Lipinski definition) is 3. The molecule has 0 aromatic carbocycles. The average molecular weight is 227 g/mol. The lowest BCUT2D eigenvalue weighted by Crippen LogP contribution is -2.37. The van der Waals surface area contributed by atoms with E-state index in [1.54, 1.807) is 0 Å². The Balaban J connectivity index is 3.44. The van der Waals surface area contributed by atoms with Crippen molar-refractivity contribution in [3.05, 3.63) is 0 Å². The predicted octanol–water partition coefficient (Wildman–Crippen LogP) is 0.109. The molecule has 0 spiro atoms. The van der Waals surface area contributed by atoms with Gasteiger partial charge in [-0.1, -0.05) is 26.2 Å². The van der Waals surface area contributed by atoms with Crippen LogP contribution in [0.2, 0.25) is 0 Å². The zero-order chi connectivity index (χ0) is 12.2. The molecule has 0 radical (unpaired) electrons. The van der Waals surface area contributed by atoms with Crippen molar-refractivity contribution in [1.82, 2.24) is 10.6 Å². The Morgan fingerprint density at radius 2 is 2.00 bits per heavy atom. The van der Waals surface area contributed by atoms with Crippen molar-refractivity contribution in [3.63, 3.8) is 0 Å². The second-order valence-corrected chi connectivity index (χ2v) is 3.39. The Kier molecular flexibility index (Phi) is 8.82. The van der Waals surface area contributed by atoms with Gasteiger partial charge in [-0.25, -0.2) is 0 Å². The van der Waals surface area contributed by atoms with Gasteiger partial charge in [0, 0.05) is 6.54 Å². The molecule has 0 fully saturated rings. The number of carbonyl (C=O) groups is 2. The van der Waals surface area contributed by atoms with Gasteiger partial charge in [-0.15, -0.1) is 0 Å². The van der Waals surface area contributed by atoms with E-state index in [4.69, 9.17) is 5.53 Å². The van der Waals surface area contributed by atoms with Crippen molar-refractivity contribution in [3.8, 4) is 0 Å². The van der Waals surface area contributed by atoms with Gasteiger partial charge in [0.2, 0.25) is 5.91 Å². The molecule has 0 rings (SSSR count). The zero-order valence-corrected chi connectivity index (χ0v) is 9.58. The van der Waals surface area contributed by atoms with E-state index in [9.17, 15) is 9.59 Å². The lowest BCUT2D eigenvalue weighted by molar-refractivity contribution is -0.133. The van der Waals surface area contributed by atoms with Crippen LogP contribution in [0.25, 0.3) is 0 Å². The fraction of sp³-hybridized carbons (Fsp3) is 0.700. The molecular weight excluding hydrogens is 208 g/mol. The zero-order valence-electron chi connectivity index (χ0n) is 9.58. The largest absolute Gasteiger partial charge is 0.394 e. The Morgan fingerprint density at radius 3 is 2.62 bits per heavy atom. The van der Waals surface area contributed by atoms with Crippen molar-refractivity contribution in [2.24, 2.45) is 0 Å². The fourth-order valence-electron chi connectivity index (χ4n) is 1.11. The number of rotatable bonds is 8. The highest BCUT2D eigenvalue weighted by molar-refractivity contribution is 6.24. The van der Waals surface area contributed by atoms with E-state index in [-0.39, 0.29) is 12.5 Å². The topological polar surface area (TPSA) is 96.2 Å². The minimum absolute atomic E-state index is 0.0708. The lowest BCUT2D eigenvalue weighted by Gasteiger charge is -2.04. The number of hydrogen-bond acceptors (Lipinski definition) is 3. The van der Waals surface area contributed by atoms with E-state index >= 15 is 0 Å². The first-order chi connectivity index (χ1) is 7.70. The van der Waals surface area contributed by atoms with Gasteiger partial charge in [0.05, 0.1) is 16.9 Å².